The molecule has 0 N–H and O–H groups in total. The Balaban J connectivity index is 1.55. The zero-order valence-corrected chi connectivity index (χ0v) is 17.9. The molecule has 0 radical (unpaired) electrons. The number of carbonyl (C=O) groups is 1. The van der Waals surface area contributed by atoms with Crippen LogP contribution in [-0.2, 0) is 9.53 Å². The molecule has 1 aliphatic rings. The molecular weight excluding hydrogens is 360 g/mol. The molecule has 0 bridgehead atoms. The fourth-order valence-electron chi connectivity index (χ4n) is 3.90. The Morgan fingerprint density at radius 3 is 2.14 bits per heavy atom. The van der Waals surface area contributed by atoms with E-state index in [0.29, 0.717) is 0 Å². The monoisotopic (exact) mass is 394 g/mol. The average Bonchev–Trinajstić information content (AvgIpc) is 3.13. The molecule has 0 amide bonds. The van der Waals surface area contributed by atoms with E-state index in [4.69, 9.17) is 9.47 Å². The second-order valence-corrected chi connectivity index (χ2v) is 8.06. The van der Waals surface area contributed by atoms with Crippen LogP contribution in [0.15, 0.2) is 48.5 Å². The van der Waals surface area contributed by atoms with E-state index in [-0.39, 0.29) is 18.0 Å². The molecule has 3 nitrogen and oxygen atoms in total. The van der Waals surface area contributed by atoms with Crippen molar-refractivity contribution < 1.29 is 14.3 Å². The van der Waals surface area contributed by atoms with Gasteiger partial charge in [0.25, 0.3) is 0 Å². The van der Waals surface area contributed by atoms with E-state index in [2.05, 4.69) is 50.2 Å². The zero-order chi connectivity index (χ0) is 20.5. The number of hydrogen-bond donors (Lipinski definition) is 0. The van der Waals surface area contributed by atoms with Gasteiger partial charge >= 0.3 is 5.97 Å². The van der Waals surface area contributed by atoms with Gasteiger partial charge in [-0.05, 0) is 41.7 Å². The fraction of sp³-hybridized carbons (Fsp3) is 0.500. The van der Waals surface area contributed by atoms with E-state index < -0.39 is 0 Å². The van der Waals surface area contributed by atoms with Crippen LogP contribution in [0.4, 0.5) is 0 Å². The molecule has 1 heterocycles. The van der Waals surface area contributed by atoms with E-state index in [1.54, 1.807) is 0 Å². The van der Waals surface area contributed by atoms with Gasteiger partial charge in [0, 0.05) is 6.42 Å². The van der Waals surface area contributed by atoms with Crippen LogP contribution >= 0.6 is 0 Å². The maximum absolute atomic E-state index is 12.1. The van der Waals surface area contributed by atoms with Crippen LogP contribution in [0.2, 0.25) is 0 Å². The summed E-state index contributed by atoms with van der Waals surface area (Å²) in [5.74, 6) is 0.967. The summed E-state index contributed by atoms with van der Waals surface area (Å²) in [7, 11) is 0. The van der Waals surface area contributed by atoms with Crippen molar-refractivity contribution in [1.29, 1.82) is 0 Å². The first-order valence-electron chi connectivity index (χ1n) is 11.2. The molecule has 1 aliphatic heterocycles. The van der Waals surface area contributed by atoms with Gasteiger partial charge in [-0.1, -0.05) is 82.3 Å². The van der Waals surface area contributed by atoms with Gasteiger partial charge < -0.3 is 9.47 Å². The third-order valence-electron chi connectivity index (χ3n) is 5.73. The summed E-state index contributed by atoms with van der Waals surface area (Å²) in [6, 6.07) is 16.7. The quantitative estimate of drug-likeness (QED) is 0.301. The number of carbonyl (C=O) groups excluding carboxylic acids is 1. The average molecular weight is 395 g/mol. The SMILES string of the molecule is CCCCCOc1ccc(-c2ccc(C3CC(CCCCC)C(=O)O3)cc2)cc1. The number of rotatable bonds is 11. The maximum atomic E-state index is 12.1. The van der Waals surface area contributed by atoms with E-state index in [1.807, 2.05) is 12.1 Å². The van der Waals surface area contributed by atoms with E-state index >= 15 is 0 Å². The second kappa shape index (κ2) is 11.0. The molecule has 3 rings (SSSR count). The van der Waals surface area contributed by atoms with Gasteiger partial charge in [-0.3, -0.25) is 4.79 Å². The largest absolute Gasteiger partial charge is 0.494 e. The molecule has 2 unspecified atom stereocenters. The van der Waals surface area contributed by atoms with Crippen molar-refractivity contribution in [2.45, 2.75) is 71.3 Å². The first-order valence-corrected chi connectivity index (χ1v) is 11.2. The van der Waals surface area contributed by atoms with E-state index in [1.165, 1.54) is 31.2 Å². The maximum Gasteiger partial charge on any atom is 0.309 e. The lowest BCUT2D eigenvalue weighted by Gasteiger charge is -2.11. The van der Waals surface area contributed by atoms with Crippen molar-refractivity contribution >= 4 is 5.97 Å². The lowest BCUT2D eigenvalue weighted by atomic mass is 9.94. The summed E-state index contributed by atoms with van der Waals surface area (Å²) < 4.78 is 11.4. The van der Waals surface area contributed by atoms with Gasteiger partial charge in [-0.2, -0.15) is 0 Å². The molecule has 0 aliphatic carbocycles. The molecule has 2 atom stereocenters. The molecule has 0 saturated carbocycles. The highest BCUT2D eigenvalue weighted by Crippen LogP contribution is 2.36. The molecule has 2 aromatic rings. The number of hydrogen-bond acceptors (Lipinski definition) is 3. The smallest absolute Gasteiger partial charge is 0.309 e. The number of unbranched alkanes of at least 4 members (excludes halogenated alkanes) is 4. The highest BCUT2D eigenvalue weighted by atomic mass is 16.6. The van der Waals surface area contributed by atoms with E-state index in [0.717, 1.165) is 49.2 Å². The Morgan fingerprint density at radius 1 is 0.862 bits per heavy atom. The number of cyclic esters (lactones) is 1. The second-order valence-electron chi connectivity index (χ2n) is 8.06. The molecular formula is C26H34O3. The topological polar surface area (TPSA) is 35.5 Å². The Morgan fingerprint density at radius 2 is 1.48 bits per heavy atom. The molecule has 3 heteroatoms. The minimum atomic E-state index is -0.0953. The Kier molecular flexibility index (Phi) is 8.15. The van der Waals surface area contributed by atoms with Gasteiger partial charge in [0.2, 0.25) is 0 Å². The molecule has 2 aromatic carbocycles. The molecule has 1 saturated heterocycles. The zero-order valence-electron chi connectivity index (χ0n) is 17.9. The predicted octanol–water partition coefficient (Wildman–Crippen LogP) is 7.11. The summed E-state index contributed by atoms with van der Waals surface area (Å²) in [6.45, 7) is 5.16. The molecule has 156 valence electrons. The minimum absolute atomic E-state index is 0.0234. The van der Waals surface area contributed by atoms with Crippen LogP contribution in [0.5, 0.6) is 5.75 Å². The number of ether oxygens (including phenoxy) is 2. The summed E-state index contributed by atoms with van der Waals surface area (Å²) in [5.41, 5.74) is 3.42. The third-order valence-corrected chi connectivity index (χ3v) is 5.73. The van der Waals surface area contributed by atoms with Crippen LogP contribution < -0.4 is 4.74 Å². The van der Waals surface area contributed by atoms with Crippen molar-refractivity contribution in [3.05, 3.63) is 54.1 Å². The first kappa shape index (κ1) is 21.4. The third kappa shape index (κ3) is 6.09. The van der Waals surface area contributed by atoms with Gasteiger partial charge in [0.05, 0.1) is 12.5 Å². The molecule has 1 fully saturated rings. The van der Waals surface area contributed by atoms with Crippen LogP contribution in [0, 0.1) is 5.92 Å². The first-order chi connectivity index (χ1) is 14.2. The van der Waals surface area contributed by atoms with Gasteiger partial charge in [-0.15, -0.1) is 0 Å². The lowest BCUT2D eigenvalue weighted by Crippen LogP contribution is -2.06. The van der Waals surface area contributed by atoms with Crippen LogP contribution in [0.1, 0.15) is 76.9 Å². The van der Waals surface area contributed by atoms with Crippen molar-refractivity contribution in [2.24, 2.45) is 5.92 Å². The standard InChI is InChI=1S/C26H34O3/c1-3-5-7-9-23-19-25(29-26(23)27)22-12-10-20(11-13-22)21-14-16-24(17-15-21)28-18-8-6-4-2/h10-17,23,25H,3-9,18-19H2,1-2H3. The number of benzene rings is 2. The molecule has 29 heavy (non-hydrogen) atoms. The predicted molar refractivity (Wildman–Crippen MR) is 118 cm³/mol. The van der Waals surface area contributed by atoms with Crippen LogP contribution in [0.25, 0.3) is 11.1 Å². The minimum Gasteiger partial charge on any atom is -0.494 e. The highest BCUT2D eigenvalue weighted by molar-refractivity contribution is 5.75. The molecule has 0 spiro atoms. The van der Waals surface area contributed by atoms with Crippen molar-refractivity contribution in [2.75, 3.05) is 6.61 Å². The van der Waals surface area contributed by atoms with Gasteiger partial charge in [-0.25, -0.2) is 0 Å². The lowest BCUT2D eigenvalue weighted by molar-refractivity contribution is -0.144. The van der Waals surface area contributed by atoms with Crippen LogP contribution in [-0.4, -0.2) is 12.6 Å². The van der Waals surface area contributed by atoms with Gasteiger partial charge in [0.15, 0.2) is 0 Å². The Labute approximate surface area is 175 Å². The summed E-state index contributed by atoms with van der Waals surface area (Å²) in [4.78, 5) is 12.1. The Bertz CT molecular complexity index is 749. The van der Waals surface area contributed by atoms with Gasteiger partial charge in [0.1, 0.15) is 11.9 Å². The summed E-state index contributed by atoms with van der Waals surface area (Å²) >= 11 is 0. The Hall–Kier alpha value is -2.29. The summed E-state index contributed by atoms with van der Waals surface area (Å²) in [5, 5.41) is 0. The normalized spacial score (nSPS) is 18.6. The van der Waals surface area contributed by atoms with Crippen molar-refractivity contribution in [3.8, 4) is 16.9 Å². The van der Waals surface area contributed by atoms with Crippen molar-refractivity contribution in [1.82, 2.24) is 0 Å². The fourth-order valence-corrected chi connectivity index (χ4v) is 3.90. The summed E-state index contributed by atoms with van der Waals surface area (Å²) in [6.07, 6.45) is 8.66. The van der Waals surface area contributed by atoms with E-state index in [9.17, 15) is 4.79 Å². The number of esters is 1. The highest BCUT2D eigenvalue weighted by Gasteiger charge is 2.34. The molecule has 0 aromatic heterocycles. The van der Waals surface area contributed by atoms with Crippen LogP contribution in [0.3, 0.4) is 0 Å². The van der Waals surface area contributed by atoms with Crippen molar-refractivity contribution in [3.63, 3.8) is 0 Å².